The summed E-state index contributed by atoms with van der Waals surface area (Å²) in [5, 5.41) is 6.60. The molecule has 0 bridgehead atoms. The fourth-order valence-electron chi connectivity index (χ4n) is 2.52. The fourth-order valence-corrected chi connectivity index (χ4v) is 2.52. The van der Waals surface area contributed by atoms with E-state index in [4.69, 9.17) is 14.2 Å². The quantitative estimate of drug-likeness (QED) is 0.371. The molecule has 0 atom stereocenters. The van der Waals surface area contributed by atoms with E-state index in [0.717, 1.165) is 22.4 Å². The van der Waals surface area contributed by atoms with Crippen molar-refractivity contribution in [3.8, 4) is 11.6 Å². The highest BCUT2D eigenvalue weighted by molar-refractivity contribution is 5.79. The predicted molar refractivity (Wildman–Crippen MR) is 111 cm³/mol. The van der Waals surface area contributed by atoms with Gasteiger partial charge in [-0.05, 0) is 31.0 Å². The van der Waals surface area contributed by atoms with Gasteiger partial charge in [0.1, 0.15) is 12.4 Å². The average molecular weight is 386 g/mol. The molecule has 0 aliphatic rings. The molecule has 2 N–H and O–H groups in total. The molecule has 1 aromatic heterocycles. The molecule has 0 saturated heterocycles. The van der Waals surface area contributed by atoms with Crippen molar-refractivity contribution in [3.05, 3.63) is 53.2 Å². The third-order valence-corrected chi connectivity index (χ3v) is 4.05. The van der Waals surface area contributed by atoms with Crippen LogP contribution in [0, 0.1) is 6.92 Å². The standard InChI is InChI=1S/C21H30N4O3/c1-5-27-10-11-28-19-12-16(2)6-8-18(19)15-25-21(22-3)24-14-17-7-9-20(26-4)23-13-17/h6-9,12-13H,5,10-11,14-15H2,1-4H3,(H2,22,24,25). The molecule has 1 heterocycles. The number of pyridine rings is 1. The zero-order chi connectivity index (χ0) is 20.2. The molecule has 2 aromatic rings. The predicted octanol–water partition coefficient (Wildman–Crippen LogP) is 2.68. The largest absolute Gasteiger partial charge is 0.491 e. The molecule has 0 aliphatic heterocycles. The average Bonchev–Trinajstić information content (AvgIpc) is 2.73. The minimum Gasteiger partial charge on any atom is -0.491 e. The van der Waals surface area contributed by atoms with Crippen molar-refractivity contribution in [2.24, 2.45) is 4.99 Å². The molecular weight excluding hydrogens is 356 g/mol. The molecule has 0 spiro atoms. The van der Waals surface area contributed by atoms with E-state index in [1.54, 1.807) is 20.4 Å². The molecule has 1 aromatic carbocycles. The Kier molecular flexibility index (Phi) is 9.07. The van der Waals surface area contributed by atoms with Crippen LogP contribution in [0.4, 0.5) is 0 Å². The van der Waals surface area contributed by atoms with Gasteiger partial charge in [0, 0.05) is 44.6 Å². The molecule has 0 radical (unpaired) electrons. The van der Waals surface area contributed by atoms with Crippen molar-refractivity contribution < 1.29 is 14.2 Å². The van der Waals surface area contributed by atoms with E-state index in [1.807, 2.05) is 25.1 Å². The number of aryl methyl sites for hydroxylation is 1. The number of hydrogen-bond acceptors (Lipinski definition) is 5. The molecule has 0 fully saturated rings. The summed E-state index contributed by atoms with van der Waals surface area (Å²) in [6.45, 7) is 7.04. The maximum Gasteiger partial charge on any atom is 0.212 e. The summed E-state index contributed by atoms with van der Waals surface area (Å²) in [4.78, 5) is 8.48. The van der Waals surface area contributed by atoms with Crippen LogP contribution in [0.3, 0.4) is 0 Å². The third-order valence-electron chi connectivity index (χ3n) is 4.05. The maximum absolute atomic E-state index is 5.89. The van der Waals surface area contributed by atoms with Gasteiger partial charge in [0.2, 0.25) is 5.88 Å². The molecule has 0 aliphatic carbocycles. The molecule has 2 rings (SSSR count). The van der Waals surface area contributed by atoms with Crippen molar-refractivity contribution in [3.63, 3.8) is 0 Å². The highest BCUT2D eigenvalue weighted by Crippen LogP contribution is 2.20. The first kappa shape index (κ1) is 21.5. The van der Waals surface area contributed by atoms with Gasteiger partial charge in [0.25, 0.3) is 0 Å². The number of guanidine groups is 1. The van der Waals surface area contributed by atoms with Gasteiger partial charge >= 0.3 is 0 Å². The number of ether oxygens (including phenoxy) is 3. The van der Waals surface area contributed by atoms with Crippen LogP contribution >= 0.6 is 0 Å². The molecule has 7 nitrogen and oxygen atoms in total. The van der Waals surface area contributed by atoms with Gasteiger partial charge in [-0.3, -0.25) is 4.99 Å². The zero-order valence-electron chi connectivity index (χ0n) is 17.1. The minimum atomic E-state index is 0.530. The summed E-state index contributed by atoms with van der Waals surface area (Å²) in [6, 6.07) is 9.99. The lowest BCUT2D eigenvalue weighted by Crippen LogP contribution is -2.36. The molecule has 0 amide bonds. The van der Waals surface area contributed by atoms with Crippen LogP contribution in [0.2, 0.25) is 0 Å². The van der Waals surface area contributed by atoms with Gasteiger partial charge in [-0.15, -0.1) is 0 Å². The summed E-state index contributed by atoms with van der Waals surface area (Å²) in [5.41, 5.74) is 3.26. The van der Waals surface area contributed by atoms with E-state index in [1.165, 1.54) is 0 Å². The topological polar surface area (TPSA) is 77.0 Å². The second kappa shape index (κ2) is 11.8. The van der Waals surface area contributed by atoms with E-state index in [2.05, 4.69) is 39.7 Å². The van der Waals surface area contributed by atoms with Crippen molar-refractivity contribution in [1.29, 1.82) is 0 Å². The van der Waals surface area contributed by atoms with Crippen LogP contribution < -0.4 is 20.1 Å². The van der Waals surface area contributed by atoms with Gasteiger partial charge in [-0.25, -0.2) is 4.98 Å². The first-order valence-corrected chi connectivity index (χ1v) is 9.39. The van der Waals surface area contributed by atoms with Gasteiger partial charge in [-0.2, -0.15) is 0 Å². The highest BCUT2D eigenvalue weighted by atomic mass is 16.5. The second-order valence-corrected chi connectivity index (χ2v) is 6.14. The Morgan fingerprint density at radius 2 is 1.93 bits per heavy atom. The highest BCUT2D eigenvalue weighted by Gasteiger charge is 2.06. The molecule has 0 saturated carbocycles. The second-order valence-electron chi connectivity index (χ2n) is 6.14. The summed E-state index contributed by atoms with van der Waals surface area (Å²) in [6.07, 6.45) is 1.78. The lowest BCUT2D eigenvalue weighted by molar-refractivity contribution is 0.110. The first-order chi connectivity index (χ1) is 13.7. The number of hydrogen-bond donors (Lipinski definition) is 2. The lowest BCUT2D eigenvalue weighted by atomic mass is 10.1. The number of aromatic nitrogens is 1. The van der Waals surface area contributed by atoms with Crippen LogP contribution in [-0.2, 0) is 17.8 Å². The van der Waals surface area contributed by atoms with Gasteiger partial charge in [0.05, 0.1) is 13.7 Å². The van der Waals surface area contributed by atoms with Crippen molar-refractivity contribution in [2.45, 2.75) is 26.9 Å². The van der Waals surface area contributed by atoms with Gasteiger partial charge in [-0.1, -0.05) is 18.2 Å². The van der Waals surface area contributed by atoms with E-state index in [-0.39, 0.29) is 0 Å². The lowest BCUT2D eigenvalue weighted by Gasteiger charge is -2.15. The molecule has 152 valence electrons. The Bertz CT molecular complexity index is 748. The summed E-state index contributed by atoms with van der Waals surface area (Å²) in [7, 11) is 3.35. The van der Waals surface area contributed by atoms with Crippen LogP contribution in [0.25, 0.3) is 0 Å². The van der Waals surface area contributed by atoms with Gasteiger partial charge < -0.3 is 24.8 Å². The normalized spacial score (nSPS) is 11.2. The van der Waals surface area contributed by atoms with Crippen LogP contribution in [-0.4, -0.2) is 44.9 Å². The SMILES string of the molecule is CCOCCOc1cc(C)ccc1CNC(=NC)NCc1ccc(OC)nc1. The maximum atomic E-state index is 5.89. The van der Waals surface area contributed by atoms with Crippen LogP contribution in [0.1, 0.15) is 23.6 Å². The first-order valence-electron chi connectivity index (χ1n) is 9.39. The number of nitrogens with one attached hydrogen (secondary N) is 2. The molecular formula is C21H30N4O3. The molecule has 0 unspecified atom stereocenters. The fraction of sp³-hybridized carbons (Fsp3) is 0.429. The molecule has 28 heavy (non-hydrogen) atoms. The van der Waals surface area contributed by atoms with Crippen molar-refractivity contribution in [1.82, 2.24) is 15.6 Å². The number of benzene rings is 1. The van der Waals surface area contributed by atoms with E-state index >= 15 is 0 Å². The van der Waals surface area contributed by atoms with E-state index in [0.29, 0.717) is 44.7 Å². The smallest absolute Gasteiger partial charge is 0.212 e. The summed E-state index contributed by atoms with van der Waals surface area (Å²) < 4.78 is 16.3. The van der Waals surface area contributed by atoms with Crippen molar-refractivity contribution >= 4 is 5.96 Å². The Hall–Kier alpha value is -2.80. The van der Waals surface area contributed by atoms with Crippen molar-refractivity contribution in [2.75, 3.05) is 34.0 Å². The number of methoxy groups -OCH3 is 1. The van der Waals surface area contributed by atoms with E-state index in [9.17, 15) is 0 Å². The Morgan fingerprint density at radius 1 is 1.11 bits per heavy atom. The zero-order valence-corrected chi connectivity index (χ0v) is 17.1. The monoisotopic (exact) mass is 386 g/mol. The Balaban J connectivity index is 1.89. The van der Waals surface area contributed by atoms with Crippen LogP contribution in [0.15, 0.2) is 41.5 Å². The Labute approximate surface area is 167 Å². The summed E-state index contributed by atoms with van der Waals surface area (Å²) >= 11 is 0. The minimum absolute atomic E-state index is 0.530. The Morgan fingerprint density at radius 3 is 2.61 bits per heavy atom. The number of nitrogens with zero attached hydrogens (tertiary/aromatic N) is 2. The van der Waals surface area contributed by atoms with E-state index < -0.39 is 0 Å². The summed E-state index contributed by atoms with van der Waals surface area (Å²) in [5.74, 6) is 2.17. The number of aliphatic imine (C=N–C) groups is 1. The molecule has 7 heteroatoms. The number of rotatable bonds is 10. The van der Waals surface area contributed by atoms with Crippen LogP contribution in [0.5, 0.6) is 11.6 Å². The third kappa shape index (κ3) is 7.08. The van der Waals surface area contributed by atoms with Gasteiger partial charge in [0.15, 0.2) is 5.96 Å².